The molecule has 2 saturated heterocycles. The highest BCUT2D eigenvalue weighted by atomic mass is 32.1. The van der Waals surface area contributed by atoms with Gasteiger partial charge in [0.25, 0.3) is 0 Å². The van der Waals surface area contributed by atoms with Gasteiger partial charge in [0.15, 0.2) is 11.6 Å². The molecule has 4 atom stereocenters. The number of phenols is 1. The van der Waals surface area contributed by atoms with Crippen LogP contribution in [0.5, 0.6) is 11.5 Å². The number of rotatable bonds is 10. The monoisotopic (exact) mass is 663 g/mol. The van der Waals surface area contributed by atoms with Crippen molar-refractivity contribution in [2.24, 2.45) is 17.8 Å². The predicted molar refractivity (Wildman–Crippen MR) is 183 cm³/mol. The van der Waals surface area contributed by atoms with E-state index in [-0.39, 0.29) is 37.2 Å². The van der Waals surface area contributed by atoms with Gasteiger partial charge in [-0.1, -0.05) is 66.7 Å². The van der Waals surface area contributed by atoms with Crippen LogP contribution in [0.3, 0.4) is 0 Å². The lowest BCUT2D eigenvalue weighted by atomic mass is 9.58. The molecule has 1 aromatic heterocycles. The van der Waals surface area contributed by atoms with E-state index >= 15 is 0 Å². The molecule has 0 spiro atoms. The molecule has 2 fully saturated rings. The molecule has 2 amide bonds. The van der Waals surface area contributed by atoms with Gasteiger partial charge in [-0.3, -0.25) is 14.5 Å². The molecule has 2 aliphatic heterocycles. The third kappa shape index (κ3) is 6.61. The van der Waals surface area contributed by atoms with E-state index in [0.29, 0.717) is 30.6 Å². The molecule has 3 aliphatic rings. The Morgan fingerprint density at radius 1 is 1.00 bits per heavy atom. The summed E-state index contributed by atoms with van der Waals surface area (Å²) in [4.78, 5) is 30.2. The molecule has 3 aromatic carbocycles. The molecule has 1 aliphatic carbocycles. The Labute approximate surface area is 283 Å². The summed E-state index contributed by atoms with van der Waals surface area (Å²) < 4.78 is 26.8. The first-order valence-electron chi connectivity index (χ1n) is 16.2. The number of allylic oxidation sites excluding steroid dienone is 1. The third-order valence-electron chi connectivity index (χ3n) is 9.58. The summed E-state index contributed by atoms with van der Waals surface area (Å²) in [6.45, 7) is 0.474. The van der Waals surface area contributed by atoms with Gasteiger partial charge in [-0.25, -0.2) is 4.39 Å². The molecule has 7 rings (SSSR count). The molecule has 2 N–H and O–H groups in total. The number of imide groups is 1. The fourth-order valence-electron chi connectivity index (χ4n) is 7.42. The zero-order chi connectivity index (χ0) is 33.2. The summed E-state index contributed by atoms with van der Waals surface area (Å²) in [5.41, 5.74) is 4.33. The Balaban J connectivity index is 1.22. The molecule has 7 nitrogen and oxygen atoms in total. The summed E-state index contributed by atoms with van der Waals surface area (Å²) in [6, 6.07) is 27.3. The number of carbonyl (C=O) groups is 2. The molecule has 0 unspecified atom stereocenters. The van der Waals surface area contributed by atoms with Crippen molar-refractivity contribution >= 4 is 41.9 Å². The van der Waals surface area contributed by atoms with Gasteiger partial charge in [-0.15, -0.1) is 11.3 Å². The molecular weight excluding hydrogens is 628 g/mol. The maximum absolute atomic E-state index is 14.3. The lowest BCUT2D eigenvalue weighted by Gasteiger charge is -2.43. The SMILES string of the molecule is O=C1[C@@H]2[C@@H](CC(COc3ccccc3)=C3[C@@H](CC/C(=C/c4ccc(O)c(F)c4)c4ccccc4)OB(O)C[C@@H]32)C(=O)N1Cc1cccs1. The molecule has 3 heterocycles. The van der Waals surface area contributed by atoms with Gasteiger partial charge in [0.2, 0.25) is 11.8 Å². The van der Waals surface area contributed by atoms with Crippen molar-refractivity contribution in [1.29, 1.82) is 0 Å². The maximum atomic E-state index is 14.3. The second-order valence-electron chi connectivity index (χ2n) is 12.5. The first kappa shape index (κ1) is 32.1. The largest absolute Gasteiger partial charge is 0.505 e. The number of phenolic OH excluding ortho intramolecular Hbond substituents is 1. The van der Waals surface area contributed by atoms with Crippen LogP contribution in [0, 0.1) is 23.6 Å². The van der Waals surface area contributed by atoms with Crippen LogP contribution in [0.2, 0.25) is 6.32 Å². The van der Waals surface area contributed by atoms with Crippen LogP contribution in [0.15, 0.2) is 108 Å². The minimum Gasteiger partial charge on any atom is -0.505 e. The molecule has 0 bridgehead atoms. The predicted octanol–water partition coefficient (Wildman–Crippen LogP) is 6.99. The van der Waals surface area contributed by atoms with Crippen molar-refractivity contribution < 1.29 is 33.5 Å². The lowest BCUT2D eigenvalue weighted by Crippen LogP contribution is -2.46. The van der Waals surface area contributed by atoms with Crippen LogP contribution in [-0.4, -0.2) is 46.7 Å². The zero-order valence-electron chi connectivity index (χ0n) is 26.2. The Hall–Kier alpha value is -4.51. The van der Waals surface area contributed by atoms with Crippen LogP contribution >= 0.6 is 11.3 Å². The van der Waals surface area contributed by atoms with E-state index in [1.165, 1.54) is 28.4 Å². The van der Waals surface area contributed by atoms with Gasteiger partial charge in [0, 0.05) is 4.88 Å². The lowest BCUT2D eigenvalue weighted by molar-refractivity contribution is -0.140. The summed E-state index contributed by atoms with van der Waals surface area (Å²) >= 11 is 1.51. The molecular formula is C38H35BFNO6S. The van der Waals surface area contributed by atoms with Gasteiger partial charge >= 0.3 is 7.12 Å². The van der Waals surface area contributed by atoms with E-state index in [9.17, 15) is 24.1 Å². The summed E-state index contributed by atoms with van der Waals surface area (Å²) in [6.07, 6.45) is 2.92. The van der Waals surface area contributed by atoms with Crippen LogP contribution in [-0.2, 0) is 20.8 Å². The highest BCUT2D eigenvalue weighted by Crippen LogP contribution is 2.51. The number of benzene rings is 3. The van der Waals surface area contributed by atoms with E-state index in [1.807, 2.05) is 84.3 Å². The molecule has 0 saturated carbocycles. The van der Waals surface area contributed by atoms with Crippen LogP contribution in [0.4, 0.5) is 4.39 Å². The minimum absolute atomic E-state index is 0.178. The van der Waals surface area contributed by atoms with Gasteiger partial charge in [0.1, 0.15) is 12.4 Å². The first-order chi connectivity index (χ1) is 23.4. The number of nitrogens with zero attached hydrogens (tertiary/aromatic N) is 1. The number of amides is 2. The smallest absolute Gasteiger partial charge is 0.455 e. The van der Waals surface area contributed by atoms with Crippen LogP contribution < -0.4 is 4.74 Å². The summed E-state index contributed by atoms with van der Waals surface area (Å²) in [5, 5.41) is 22.7. The Kier molecular flexibility index (Phi) is 9.30. The first-order valence-corrected chi connectivity index (χ1v) is 17.1. The topological polar surface area (TPSA) is 96.3 Å². The number of hydrogen-bond donors (Lipinski definition) is 2. The summed E-state index contributed by atoms with van der Waals surface area (Å²) in [7, 11) is -1.11. The number of fused-ring (bicyclic) bond motifs is 3. The van der Waals surface area contributed by atoms with Crippen molar-refractivity contribution in [3.8, 4) is 11.5 Å². The normalized spacial score (nSPS) is 22.6. The second kappa shape index (κ2) is 13.9. The van der Waals surface area contributed by atoms with Gasteiger partial charge in [-0.2, -0.15) is 0 Å². The number of aromatic hydroxyl groups is 1. The number of hydrogen-bond acceptors (Lipinski definition) is 7. The average Bonchev–Trinajstić information content (AvgIpc) is 3.70. The van der Waals surface area contributed by atoms with Gasteiger partial charge in [-0.05, 0) is 95.1 Å². The number of carbonyl (C=O) groups excluding carboxylic acids is 2. The van der Waals surface area contributed by atoms with Crippen molar-refractivity contribution in [3.63, 3.8) is 0 Å². The molecule has 10 heteroatoms. The van der Waals surface area contributed by atoms with E-state index in [1.54, 1.807) is 6.07 Å². The number of para-hydroxylation sites is 1. The van der Waals surface area contributed by atoms with Crippen molar-refractivity contribution in [2.45, 2.75) is 38.2 Å². The fraction of sp³-hybridized carbons (Fsp3) is 0.263. The average molecular weight is 664 g/mol. The van der Waals surface area contributed by atoms with E-state index in [0.717, 1.165) is 27.2 Å². The molecule has 0 radical (unpaired) electrons. The Bertz CT molecular complexity index is 1850. The van der Waals surface area contributed by atoms with Crippen LogP contribution in [0.25, 0.3) is 11.6 Å². The fourth-order valence-corrected chi connectivity index (χ4v) is 8.11. The van der Waals surface area contributed by atoms with Gasteiger partial charge < -0.3 is 19.5 Å². The van der Waals surface area contributed by atoms with E-state index in [2.05, 4.69) is 0 Å². The second-order valence-corrected chi connectivity index (χ2v) is 13.6. The highest BCUT2D eigenvalue weighted by molar-refractivity contribution is 7.09. The summed E-state index contributed by atoms with van der Waals surface area (Å²) in [5.74, 6) is -2.29. The Morgan fingerprint density at radius 2 is 1.77 bits per heavy atom. The van der Waals surface area contributed by atoms with Gasteiger partial charge in [0.05, 0.1) is 24.5 Å². The molecule has 4 aromatic rings. The third-order valence-corrected chi connectivity index (χ3v) is 10.4. The van der Waals surface area contributed by atoms with Crippen LogP contribution in [0.1, 0.15) is 35.3 Å². The van der Waals surface area contributed by atoms with Crippen molar-refractivity contribution in [2.75, 3.05) is 6.61 Å². The molecule has 244 valence electrons. The highest BCUT2D eigenvalue weighted by Gasteiger charge is 2.57. The Morgan fingerprint density at radius 3 is 2.50 bits per heavy atom. The number of halogens is 1. The zero-order valence-corrected chi connectivity index (χ0v) is 27.0. The standard InChI is InChI=1S/C38H35BFNO6S/c40-32-19-24(13-15-33(32)42)18-26(25-8-3-1-4-9-25)14-16-34-35-27(23-46-28-10-5-2-6-11-28)20-30-36(31(35)21-39(45)47-34)38(44)41(37(30)43)22-29-12-7-17-48-29/h1-13,15,17-19,30-31,34,36,42,45H,14,16,20-23H2/b26-18-/t30-,31+,34-,36-/m1/s1. The van der Waals surface area contributed by atoms with E-state index in [4.69, 9.17) is 9.39 Å². The van der Waals surface area contributed by atoms with Crippen molar-refractivity contribution in [3.05, 3.63) is 129 Å². The molecule has 48 heavy (non-hydrogen) atoms. The quantitative estimate of drug-likeness (QED) is 0.0822. The van der Waals surface area contributed by atoms with Crippen molar-refractivity contribution in [1.82, 2.24) is 4.90 Å². The number of ether oxygens (including phenoxy) is 1. The maximum Gasteiger partial charge on any atom is 0.455 e. The van der Waals surface area contributed by atoms with E-state index < -0.39 is 36.6 Å². The minimum atomic E-state index is -1.11. The number of thiophene rings is 1. The number of likely N-dealkylation sites (tertiary alicyclic amines) is 1.